The largest absolute Gasteiger partial charge is 0.300 e. The summed E-state index contributed by atoms with van der Waals surface area (Å²) in [7, 11) is 0. The van der Waals surface area contributed by atoms with Crippen molar-refractivity contribution < 1.29 is 0 Å². The van der Waals surface area contributed by atoms with Gasteiger partial charge in [-0.3, -0.25) is 0 Å². The Hall–Kier alpha value is -0.960. The molecule has 14 heavy (non-hydrogen) atoms. The van der Waals surface area contributed by atoms with E-state index in [2.05, 4.69) is 28.7 Å². The molecule has 0 spiro atoms. The Kier molecular flexibility index (Phi) is 2.77. The molecule has 0 radical (unpaired) electrons. The van der Waals surface area contributed by atoms with Crippen LogP contribution in [0.3, 0.4) is 0 Å². The van der Waals surface area contributed by atoms with Crippen LogP contribution in [0.1, 0.15) is 25.1 Å². The van der Waals surface area contributed by atoms with E-state index in [4.69, 9.17) is 0 Å². The Morgan fingerprint density at radius 3 is 2.86 bits per heavy atom. The quantitative estimate of drug-likeness (QED) is 0.669. The Bertz CT molecular complexity index is 282. The third-order valence-corrected chi connectivity index (χ3v) is 2.92. The van der Waals surface area contributed by atoms with Crippen molar-refractivity contribution in [1.29, 1.82) is 0 Å². The van der Waals surface area contributed by atoms with E-state index in [1.54, 1.807) is 6.33 Å². The van der Waals surface area contributed by atoms with Crippen molar-refractivity contribution in [3.05, 3.63) is 23.8 Å². The first-order chi connectivity index (χ1) is 6.77. The molecular weight excluding hydrogens is 174 g/mol. The average Bonchev–Trinajstić information content (AvgIpc) is 2.39. The van der Waals surface area contributed by atoms with Crippen LogP contribution < -0.4 is 0 Å². The van der Waals surface area contributed by atoms with Gasteiger partial charge in [0.15, 0.2) is 0 Å². The van der Waals surface area contributed by atoms with Gasteiger partial charge in [-0.1, -0.05) is 0 Å². The van der Waals surface area contributed by atoms with Gasteiger partial charge in [-0.2, -0.15) is 0 Å². The van der Waals surface area contributed by atoms with Crippen molar-refractivity contribution in [3.63, 3.8) is 0 Å². The highest BCUT2D eigenvalue weighted by atomic mass is 15.1. The third kappa shape index (κ3) is 1.93. The highest BCUT2D eigenvalue weighted by Gasteiger charge is 2.16. The van der Waals surface area contributed by atoms with Gasteiger partial charge in [0.05, 0.1) is 0 Å². The van der Waals surface area contributed by atoms with Crippen LogP contribution in [-0.4, -0.2) is 34.0 Å². The van der Waals surface area contributed by atoms with Crippen LogP contribution in [0, 0.1) is 0 Å². The van der Waals surface area contributed by atoms with E-state index >= 15 is 0 Å². The normalized spacial score (nSPS) is 17.9. The molecule has 76 valence electrons. The van der Waals surface area contributed by atoms with Gasteiger partial charge in [-0.15, -0.1) is 0 Å². The van der Waals surface area contributed by atoms with E-state index in [0.717, 1.165) is 25.9 Å². The molecule has 0 N–H and O–H groups in total. The maximum absolute atomic E-state index is 4.34. The predicted molar refractivity (Wildman–Crippen MR) is 56.1 cm³/mol. The molecular formula is C11H17N3. The zero-order valence-corrected chi connectivity index (χ0v) is 8.90. The molecule has 0 amide bonds. The van der Waals surface area contributed by atoms with Gasteiger partial charge in [-0.05, 0) is 25.8 Å². The predicted octanol–water partition coefficient (Wildman–Crippen LogP) is 1.29. The van der Waals surface area contributed by atoms with Gasteiger partial charge in [0, 0.05) is 37.4 Å². The second-order valence-electron chi connectivity index (χ2n) is 4.12. The lowest BCUT2D eigenvalue weighted by molar-refractivity contribution is 0.232. The van der Waals surface area contributed by atoms with E-state index < -0.39 is 0 Å². The molecule has 0 fully saturated rings. The summed E-state index contributed by atoms with van der Waals surface area (Å²) in [6, 6.07) is 0.636. The zero-order chi connectivity index (χ0) is 9.97. The maximum atomic E-state index is 4.34. The Balaban J connectivity index is 2.14. The molecule has 0 saturated carbocycles. The van der Waals surface area contributed by atoms with Crippen LogP contribution in [0.25, 0.3) is 0 Å². The molecule has 2 rings (SSSR count). The Labute approximate surface area is 85.2 Å². The Morgan fingerprint density at radius 2 is 2.07 bits per heavy atom. The van der Waals surface area contributed by atoms with E-state index in [0.29, 0.717) is 6.04 Å². The zero-order valence-electron chi connectivity index (χ0n) is 8.90. The fourth-order valence-electron chi connectivity index (χ4n) is 1.96. The van der Waals surface area contributed by atoms with Crippen molar-refractivity contribution >= 4 is 0 Å². The van der Waals surface area contributed by atoms with Gasteiger partial charge >= 0.3 is 0 Å². The second kappa shape index (κ2) is 4.05. The van der Waals surface area contributed by atoms with Crippen LogP contribution >= 0.6 is 0 Å². The SMILES string of the molecule is CC(C)N1CCc2cncnc2CC1. The molecule has 1 aliphatic rings. The van der Waals surface area contributed by atoms with Gasteiger partial charge in [-0.25, -0.2) is 9.97 Å². The molecule has 0 aliphatic carbocycles. The summed E-state index contributed by atoms with van der Waals surface area (Å²) in [5.41, 5.74) is 2.57. The molecule has 2 heterocycles. The molecule has 1 aliphatic heterocycles. The highest BCUT2D eigenvalue weighted by molar-refractivity contribution is 5.18. The van der Waals surface area contributed by atoms with Crippen molar-refractivity contribution in [2.75, 3.05) is 13.1 Å². The number of nitrogens with zero attached hydrogens (tertiary/aromatic N) is 3. The molecule has 0 aromatic carbocycles. The first-order valence-electron chi connectivity index (χ1n) is 5.29. The lowest BCUT2D eigenvalue weighted by atomic mass is 10.1. The summed E-state index contributed by atoms with van der Waals surface area (Å²) >= 11 is 0. The van der Waals surface area contributed by atoms with Crippen molar-refractivity contribution in [3.8, 4) is 0 Å². The van der Waals surface area contributed by atoms with Crippen molar-refractivity contribution in [2.45, 2.75) is 32.7 Å². The van der Waals surface area contributed by atoms with Gasteiger partial charge < -0.3 is 4.90 Å². The molecule has 0 unspecified atom stereocenters. The Morgan fingerprint density at radius 1 is 1.29 bits per heavy atom. The summed E-state index contributed by atoms with van der Waals surface area (Å²) in [4.78, 5) is 10.9. The lowest BCUT2D eigenvalue weighted by Gasteiger charge is -2.23. The summed E-state index contributed by atoms with van der Waals surface area (Å²) in [5.74, 6) is 0. The first-order valence-corrected chi connectivity index (χ1v) is 5.29. The average molecular weight is 191 g/mol. The summed E-state index contributed by atoms with van der Waals surface area (Å²) < 4.78 is 0. The number of fused-ring (bicyclic) bond motifs is 1. The van der Waals surface area contributed by atoms with Gasteiger partial charge in [0.1, 0.15) is 6.33 Å². The van der Waals surface area contributed by atoms with Gasteiger partial charge in [0.2, 0.25) is 0 Å². The first kappa shape index (κ1) is 9.59. The molecule has 1 aromatic rings. The monoisotopic (exact) mass is 191 g/mol. The minimum atomic E-state index is 0.636. The second-order valence-corrected chi connectivity index (χ2v) is 4.12. The number of hydrogen-bond donors (Lipinski definition) is 0. The van der Waals surface area contributed by atoms with E-state index in [1.807, 2.05) is 6.20 Å². The van der Waals surface area contributed by atoms with Crippen molar-refractivity contribution in [2.24, 2.45) is 0 Å². The lowest BCUT2D eigenvalue weighted by Crippen LogP contribution is -2.33. The molecule has 1 aromatic heterocycles. The van der Waals surface area contributed by atoms with E-state index in [-0.39, 0.29) is 0 Å². The summed E-state index contributed by atoms with van der Waals surface area (Å²) in [6.45, 7) is 6.77. The minimum absolute atomic E-state index is 0.636. The molecule has 0 bridgehead atoms. The van der Waals surface area contributed by atoms with Gasteiger partial charge in [0.25, 0.3) is 0 Å². The number of aromatic nitrogens is 2. The van der Waals surface area contributed by atoms with Crippen LogP contribution in [0.4, 0.5) is 0 Å². The highest BCUT2D eigenvalue weighted by Crippen LogP contribution is 2.13. The minimum Gasteiger partial charge on any atom is -0.300 e. The summed E-state index contributed by atoms with van der Waals surface area (Å²) in [5, 5.41) is 0. The fourth-order valence-corrected chi connectivity index (χ4v) is 1.96. The van der Waals surface area contributed by atoms with E-state index in [9.17, 15) is 0 Å². The smallest absolute Gasteiger partial charge is 0.115 e. The van der Waals surface area contributed by atoms with Crippen molar-refractivity contribution in [1.82, 2.24) is 14.9 Å². The molecule has 0 atom stereocenters. The van der Waals surface area contributed by atoms with Crippen LogP contribution in [0.5, 0.6) is 0 Å². The molecule has 0 saturated heterocycles. The third-order valence-electron chi connectivity index (χ3n) is 2.92. The number of hydrogen-bond acceptors (Lipinski definition) is 3. The van der Waals surface area contributed by atoms with Crippen LogP contribution in [0.15, 0.2) is 12.5 Å². The standard InChI is InChI=1S/C11H17N3/c1-9(2)14-5-3-10-7-12-8-13-11(10)4-6-14/h7-9H,3-6H2,1-2H3. The van der Waals surface area contributed by atoms with Crippen LogP contribution in [-0.2, 0) is 12.8 Å². The van der Waals surface area contributed by atoms with E-state index in [1.165, 1.54) is 11.3 Å². The summed E-state index contributed by atoms with van der Waals surface area (Å²) in [6.07, 6.45) is 5.78. The molecule has 3 nitrogen and oxygen atoms in total. The topological polar surface area (TPSA) is 29.0 Å². The number of rotatable bonds is 1. The van der Waals surface area contributed by atoms with Crippen LogP contribution in [0.2, 0.25) is 0 Å². The maximum Gasteiger partial charge on any atom is 0.115 e. The molecule has 3 heteroatoms. The fraction of sp³-hybridized carbons (Fsp3) is 0.636.